The van der Waals surface area contributed by atoms with Crippen molar-refractivity contribution in [1.29, 1.82) is 0 Å². The molecule has 2 atom stereocenters. The first-order valence-electron chi connectivity index (χ1n) is 5.21. The number of likely N-dealkylation sites (tertiary alicyclic amines) is 1. The molecule has 0 aromatic rings. The number of hydrogen-bond donors (Lipinski definition) is 1. The van der Waals surface area contributed by atoms with Crippen LogP contribution in [0.3, 0.4) is 0 Å². The lowest BCUT2D eigenvalue weighted by Gasteiger charge is -2.33. The molecule has 2 unspecified atom stereocenters. The second-order valence-electron chi connectivity index (χ2n) is 4.09. The minimum atomic E-state index is -0.0972. The summed E-state index contributed by atoms with van der Waals surface area (Å²) in [6.07, 6.45) is 1.44. The highest BCUT2D eigenvalue weighted by atomic mass is 16.5. The number of likely N-dealkylation sites (N-methyl/N-ethyl adjacent to an activating group) is 1. The third kappa shape index (κ3) is 3.64. The number of piperidine rings is 1. The molecule has 1 aliphatic heterocycles. The highest BCUT2D eigenvalue weighted by Gasteiger charge is 2.24. The number of carbonyl (C=O) groups is 1. The Kier molecular flexibility index (Phi) is 4.35. The Bertz CT molecular complexity index is 187. The van der Waals surface area contributed by atoms with Crippen LogP contribution < -0.4 is 5.73 Å². The topological polar surface area (TPSA) is 55.6 Å². The molecule has 0 aromatic carbocycles. The van der Waals surface area contributed by atoms with Crippen LogP contribution in [0.2, 0.25) is 0 Å². The van der Waals surface area contributed by atoms with Crippen molar-refractivity contribution in [1.82, 2.24) is 4.90 Å². The minimum Gasteiger partial charge on any atom is -0.466 e. The lowest BCUT2D eigenvalue weighted by atomic mass is 9.92. The van der Waals surface area contributed by atoms with Crippen molar-refractivity contribution in [2.45, 2.75) is 25.8 Å². The highest BCUT2D eigenvalue weighted by Crippen LogP contribution is 2.18. The van der Waals surface area contributed by atoms with Crippen molar-refractivity contribution in [2.75, 3.05) is 26.7 Å². The van der Waals surface area contributed by atoms with Crippen LogP contribution in [-0.4, -0.2) is 43.7 Å². The van der Waals surface area contributed by atoms with Gasteiger partial charge in [-0.1, -0.05) is 0 Å². The summed E-state index contributed by atoms with van der Waals surface area (Å²) in [6.45, 7) is 4.18. The summed E-state index contributed by atoms with van der Waals surface area (Å²) in [5.41, 5.74) is 5.87. The van der Waals surface area contributed by atoms with E-state index in [1.807, 2.05) is 14.0 Å². The Labute approximate surface area is 85.4 Å². The first kappa shape index (κ1) is 11.5. The molecule has 1 aliphatic rings. The molecule has 0 bridgehead atoms. The fourth-order valence-electron chi connectivity index (χ4n) is 2.10. The first-order valence-corrected chi connectivity index (χ1v) is 5.21. The van der Waals surface area contributed by atoms with E-state index in [4.69, 9.17) is 10.5 Å². The summed E-state index contributed by atoms with van der Waals surface area (Å²) in [7, 11) is 2.04. The molecule has 2 N–H and O–H groups in total. The lowest BCUT2D eigenvalue weighted by Crippen LogP contribution is -2.45. The Morgan fingerprint density at radius 3 is 2.86 bits per heavy atom. The molecule has 0 radical (unpaired) electrons. The Morgan fingerprint density at radius 1 is 1.57 bits per heavy atom. The van der Waals surface area contributed by atoms with Crippen molar-refractivity contribution in [3.05, 3.63) is 0 Å². The molecule has 1 fully saturated rings. The van der Waals surface area contributed by atoms with Gasteiger partial charge in [0.15, 0.2) is 0 Å². The molecule has 0 saturated carbocycles. The largest absolute Gasteiger partial charge is 0.466 e. The molecule has 0 aliphatic carbocycles. The van der Waals surface area contributed by atoms with E-state index in [0.29, 0.717) is 18.9 Å². The maximum absolute atomic E-state index is 11.2. The van der Waals surface area contributed by atoms with Gasteiger partial charge in [0.2, 0.25) is 0 Å². The van der Waals surface area contributed by atoms with Crippen LogP contribution in [-0.2, 0) is 9.53 Å². The molecule has 4 nitrogen and oxygen atoms in total. The summed E-state index contributed by atoms with van der Waals surface area (Å²) in [6, 6.07) is 0.202. The molecule has 0 aromatic heterocycles. The summed E-state index contributed by atoms with van der Waals surface area (Å²) in [5, 5.41) is 0. The smallest absolute Gasteiger partial charge is 0.306 e. The number of nitrogens with two attached hydrogens (primary N) is 1. The summed E-state index contributed by atoms with van der Waals surface area (Å²) >= 11 is 0. The van der Waals surface area contributed by atoms with E-state index < -0.39 is 0 Å². The minimum absolute atomic E-state index is 0.0972. The molecular formula is C10H20N2O2. The summed E-state index contributed by atoms with van der Waals surface area (Å²) < 4.78 is 4.92. The number of carbonyl (C=O) groups excluding carboxylic acids is 1. The van der Waals surface area contributed by atoms with Gasteiger partial charge < -0.3 is 15.4 Å². The Balaban J connectivity index is 2.33. The van der Waals surface area contributed by atoms with E-state index in [0.717, 1.165) is 19.5 Å². The fraction of sp³-hybridized carbons (Fsp3) is 0.900. The van der Waals surface area contributed by atoms with Crippen molar-refractivity contribution in [3.63, 3.8) is 0 Å². The number of nitrogens with zero attached hydrogens (tertiary/aromatic N) is 1. The van der Waals surface area contributed by atoms with Gasteiger partial charge in [-0.2, -0.15) is 0 Å². The van der Waals surface area contributed by atoms with Gasteiger partial charge in [0, 0.05) is 25.6 Å². The van der Waals surface area contributed by atoms with Crippen molar-refractivity contribution in [2.24, 2.45) is 11.7 Å². The second kappa shape index (κ2) is 5.32. The zero-order valence-electron chi connectivity index (χ0n) is 9.03. The molecule has 1 heterocycles. The van der Waals surface area contributed by atoms with Crippen LogP contribution in [0, 0.1) is 5.92 Å². The van der Waals surface area contributed by atoms with E-state index >= 15 is 0 Å². The predicted octanol–water partition coefficient (Wildman–Crippen LogP) is 0.219. The molecule has 4 heteroatoms. The average Bonchev–Trinajstić information content (AvgIpc) is 2.01. The molecule has 1 rings (SSSR count). The van der Waals surface area contributed by atoms with Crippen LogP contribution in [0.1, 0.15) is 19.8 Å². The van der Waals surface area contributed by atoms with Crippen molar-refractivity contribution < 1.29 is 9.53 Å². The zero-order chi connectivity index (χ0) is 10.6. The quantitative estimate of drug-likeness (QED) is 0.662. The van der Waals surface area contributed by atoms with Crippen LogP contribution in [0.15, 0.2) is 0 Å². The zero-order valence-corrected chi connectivity index (χ0v) is 9.03. The van der Waals surface area contributed by atoms with E-state index in [2.05, 4.69) is 4.90 Å². The predicted molar refractivity (Wildman–Crippen MR) is 54.8 cm³/mol. The lowest BCUT2D eigenvalue weighted by molar-refractivity contribution is -0.144. The van der Waals surface area contributed by atoms with Crippen molar-refractivity contribution >= 4 is 5.97 Å². The number of rotatable bonds is 3. The third-order valence-corrected chi connectivity index (χ3v) is 2.51. The standard InChI is InChI=1S/C10H20N2O2/c1-3-14-10(13)5-8-4-9(11)7-12(2)6-8/h8-9H,3-7,11H2,1-2H3. The monoisotopic (exact) mass is 200 g/mol. The second-order valence-corrected chi connectivity index (χ2v) is 4.09. The molecule has 1 saturated heterocycles. The molecule has 82 valence electrons. The van der Waals surface area contributed by atoms with Crippen LogP contribution in [0.5, 0.6) is 0 Å². The highest BCUT2D eigenvalue weighted by molar-refractivity contribution is 5.69. The summed E-state index contributed by atoms with van der Waals surface area (Å²) in [4.78, 5) is 13.4. The van der Waals surface area contributed by atoms with Crippen LogP contribution >= 0.6 is 0 Å². The maximum atomic E-state index is 11.2. The van der Waals surface area contributed by atoms with Crippen LogP contribution in [0.4, 0.5) is 0 Å². The maximum Gasteiger partial charge on any atom is 0.306 e. The molecule has 0 spiro atoms. The Morgan fingerprint density at radius 2 is 2.29 bits per heavy atom. The van der Waals surface area contributed by atoms with Gasteiger partial charge >= 0.3 is 5.97 Å². The molecular weight excluding hydrogens is 180 g/mol. The van der Waals surface area contributed by atoms with Gasteiger partial charge in [0.05, 0.1) is 6.61 Å². The van der Waals surface area contributed by atoms with Gasteiger partial charge in [-0.3, -0.25) is 4.79 Å². The van der Waals surface area contributed by atoms with Gasteiger partial charge in [0.25, 0.3) is 0 Å². The van der Waals surface area contributed by atoms with Crippen molar-refractivity contribution in [3.8, 4) is 0 Å². The van der Waals surface area contributed by atoms with Gasteiger partial charge in [-0.25, -0.2) is 0 Å². The number of ether oxygens (including phenoxy) is 1. The molecule has 14 heavy (non-hydrogen) atoms. The van der Waals surface area contributed by atoms with E-state index in [-0.39, 0.29) is 12.0 Å². The number of esters is 1. The fourth-order valence-corrected chi connectivity index (χ4v) is 2.10. The summed E-state index contributed by atoms with van der Waals surface area (Å²) in [5.74, 6) is 0.266. The normalized spacial score (nSPS) is 28.8. The van der Waals surface area contributed by atoms with E-state index in [1.54, 1.807) is 0 Å². The Hall–Kier alpha value is -0.610. The molecule has 0 amide bonds. The first-order chi connectivity index (χ1) is 6.61. The van der Waals surface area contributed by atoms with E-state index in [1.165, 1.54) is 0 Å². The van der Waals surface area contributed by atoms with Gasteiger partial charge in [-0.15, -0.1) is 0 Å². The number of hydrogen-bond acceptors (Lipinski definition) is 4. The average molecular weight is 200 g/mol. The SMILES string of the molecule is CCOC(=O)CC1CC(N)CN(C)C1. The van der Waals surface area contributed by atoms with Crippen LogP contribution in [0.25, 0.3) is 0 Å². The van der Waals surface area contributed by atoms with Gasteiger partial charge in [-0.05, 0) is 26.3 Å². The third-order valence-electron chi connectivity index (χ3n) is 2.51. The van der Waals surface area contributed by atoms with Gasteiger partial charge in [0.1, 0.15) is 0 Å². The van der Waals surface area contributed by atoms with E-state index in [9.17, 15) is 4.79 Å².